The lowest BCUT2D eigenvalue weighted by Gasteiger charge is -2.42. The Bertz CT molecular complexity index is 371. The number of rotatable bonds is 3. The summed E-state index contributed by atoms with van der Waals surface area (Å²) in [4.78, 5) is 0. The standard InChI is InChI=1S/C15H22O2/c1-17-9-8-14-7-6-12(10-14)11-15(14,16)13-4-2-3-5-13/h4,8-9,12,16H,2-3,5-7,10-11H2,1H3/b9-8+/t12-,14-,15+/m0/s1. The minimum absolute atomic E-state index is 0.0378. The predicted molar refractivity (Wildman–Crippen MR) is 67.4 cm³/mol. The van der Waals surface area contributed by atoms with Crippen molar-refractivity contribution in [1.29, 1.82) is 0 Å². The fourth-order valence-corrected chi connectivity index (χ4v) is 4.34. The quantitative estimate of drug-likeness (QED) is 0.600. The van der Waals surface area contributed by atoms with E-state index >= 15 is 0 Å². The Kier molecular flexibility index (Phi) is 2.58. The lowest BCUT2D eigenvalue weighted by molar-refractivity contribution is -0.0185. The lowest BCUT2D eigenvalue weighted by atomic mass is 9.67. The molecule has 3 atom stereocenters. The van der Waals surface area contributed by atoms with E-state index in [9.17, 15) is 5.11 Å². The molecule has 0 aliphatic heterocycles. The van der Waals surface area contributed by atoms with Crippen LogP contribution in [0, 0.1) is 11.3 Å². The summed E-state index contributed by atoms with van der Waals surface area (Å²) < 4.78 is 5.09. The molecule has 17 heavy (non-hydrogen) atoms. The molecule has 0 aromatic rings. The molecule has 0 aromatic heterocycles. The second-order valence-electron chi connectivity index (χ2n) is 5.99. The lowest BCUT2D eigenvalue weighted by Crippen LogP contribution is -2.45. The van der Waals surface area contributed by atoms with Crippen LogP contribution in [0.15, 0.2) is 24.0 Å². The van der Waals surface area contributed by atoms with Crippen LogP contribution in [0.4, 0.5) is 0 Å². The van der Waals surface area contributed by atoms with Crippen LogP contribution in [0.3, 0.4) is 0 Å². The van der Waals surface area contributed by atoms with Crippen LogP contribution in [0.1, 0.15) is 44.9 Å². The molecule has 3 rings (SSSR count). The van der Waals surface area contributed by atoms with Crippen molar-refractivity contribution in [2.24, 2.45) is 11.3 Å². The summed E-state index contributed by atoms with van der Waals surface area (Å²) in [6.07, 6.45) is 14.1. The van der Waals surface area contributed by atoms with E-state index in [1.54, 1.807) is 13.4 Å². The third kappa shape index (κ3) is 1.50. The normalized spacial score (nSPS) is 44.6. The molecule has 94 valence electrons. The van der Waals surface area contributed by atoms with Gasteiger partial charge in [-0.15, -0.1) is 0 Å². The van der Waals surface area contributed by atoms with Crippen molar-refractivity contribution in [2.75, 3.05) is 7.11 Å². The smallest absolute Gasteiger partial charge is 0.0950 e. The van der Waals surface area contributed by atoms with Gasteiger partial charge in [0.25, 0.3) is 0 Å². The van der Waals surface area contributed by atoms with Gasteiger partial charge in [-0.25, -0.2) is 0 Å². The molecule has 2 bridgehead atoms. The van der Waals surface area contributed by atoms with Crippen molar-refractivity contribution >= 4 is 0 Å². The fourth-order valence-electron chi connectivity index (χ4n) is 4.34. The van der Waals surface area contributed by atoms with Gasteiger partial charge in [0.2, 0.25) is 0 Å². The molecule has 0 spiro atoms. The van der Waals surface area contributed by atoms with Crippen LogP contribution in [-0.4, -0.2) is 17.8 Å². The Morgan fingerprint density at radius 2 is 2.35 bits per heavy atom. The van der Waals surface area contributed by atoms with E-state index < -0.39 is 5.60 Å². The highest BCUT2D eigenvalue weighted by Crippen LogP contribution is 2.63. The zero-order valence-corrected chi connectivity index (χ0v) is 10.6. The molecule has 2 saturated carbocycles. The molecule has 3 aliphatic rings. The van der Waals surface area contributed by atoms with Crippen LogP contribution >= 0.6 is 0 Å². The van der Waals surface area contributed by atoms with Crippen molar-refractivity contribution in [2.45, 2.75) is 50.5 Å². The molecule has 3 aliphatic carbocycles. The topological polar surface area (TPSA) is 29.5 Å². The number of fused-ring (bicyclic) bond motifs is 2. The number of methoxy groups -OCH3 is 1. The van der Waals surface area contributed by atoms with Crippen molar-refractivity contribution < 1.29 is 9.84 Å². The maximum atomic E-state index is 11.2. The summed E-state index contributed by atoms with van der Waals surface area (Å²) in [5, 5.41) is 11.2. The van der Waals surface area contributed by atoms with E-state index in [0.717, 1.165) is 32.1 Å². The predicted octanol–water partition coefficient (Wildman–Crippen LogP) is 3.18. The largest absolute Gasteiger partial charge is 0.505 e. The first-order valence-electron chi connectivity index (χ1n) is 6.83. The Hall–Kier alpha value is -0.760. The monoisotopic (exact) mass is 234 g/mol. The average Bonchev–Trinajstić information content (AvgIpc) is 3.01. The second kappa shape index (κ2) is 3.88. The van der Waals surface area contributed by atoms with Gasteiger partial charge in [0.15, 0.2) is 0 Å². The molecule has 0 aromatic carbocycles. The molecule has 0 heterocycles. The molecular formula is C15H22O2. The first kappa shape index (κ1) is 11.3. The molecule has 0 amide bonds. The van der Waals surface area contributed by atoms with E-state index in [0.29, 0.717) is 5.92 Å². The van der Waals surface area contributed by atoms with Gasteiger partial charge in [-0.2, -0.15) is 0 Å². The Balaban J connectivity index is 1.96. The van der Waals surface area contributed by atoms with Crippen LogP contribution in [0.2, 0.25) is 0 Å². The summed E-state index contributed by atoms with van der Waals surface area (Å²) in [6.45, 7) is 0. The highest BCUT2D eigenvalue weighted by atomic mass is 16.5. The highest BCUT2D eigenvalue weighted by Gasteiger charge is 2.61. The summed E-state index contributed by atoms with van der Waals surface area (Å²) in [6, 6.07) is 0. The Morgan fingerprint density at radius 3 is 3.00 bits per heavy atom. The number of aliphatic hydroxyl groups is 1. The molecule has 0 saturated heterocycles. The fraction of sp³-hybridized carbons (Fsp3) is 0.733. The molecule has 2 heteroatoms. The third-order valence-electron chi connectivity index (χ3n) is 5.15. The molecular weight excluding hydrogens is 212 g/mol. The van der Waals surface area contributed by atoms with Crippen LogP contribution in [0.5, 0.6) is 0 Å². The van der Waals surface area contributed by atoms with Gasteiger partial charge in [0.05, 0.1) is 19.0 Å². The minimum atomic E-state index is -0.568. The first-order valence-corrected chi connectivity index (χ1v) is 6.83. The van der Waals surface area contributed by atoms with Gasteiger partial charge in [-0.1, -0.05) is 6.08 Å². The zero-order chi connectivity index (χ0) is 11.9. The van der Waals surface area contributed by atoms with E-state index in [1.807, 2.05) is 0 Å². The van der Waals surface area contributed by atoms with Crippen molar-refractivity contribution in [1.82, 2.24) is 0 Å². The molecule has 0 radical (unpaired) electrons. The summed E-state index contributed by atoms with van der Waals surface area (Å²) >= 11 is 0. The summed E-state index contributed by atoms with van der Waals surface area (Å²) in [5.41, 5.74) is 0.700. The van der Waals surface area contributed by atoms with Gasteiger partial charge >= 0.3 is 0 Å². The first-order chi connectivity index (χ1) is 8.20. The molecule has 0 unspecified atom stereocenters. The van der Waals surface area contributed by atoms with Crippen molar-refractivity contribution in [3.63, 3.8) is 0 Å². The van der Waals surface area contributed by atoms with E-state index in [-0.39, 0.29) is 5.41 Å². The highest BCUT2D eigenvalue weighted by molar-refractivity contribution is 5.33. The average molecular weight is 234 g/mol. The number of allylic oxidation sites excluding steroid dienone is 1. The van der Waals surface area contributed by atoms with Gasteiger partial charge in [-0.05, 0) is 62.5 Å². The molecule has 2 nitrogen and oxygen atoms in total. The maximum Gasteiger partial charge on any atom is 0.0950 e. The van der Waals surface area contributed by atoms with Gasteiger partial charge in [0, 0.05) is 5.41 Å². The van der Waals surface area contributed by atoms with Crippen LogP contribution < -0.4 is 0 Å². The van der Waals surface area contributed by atoms with E-state index in [1.165, 1.54) is 18.4 Å². The SMILES string of the molecule is CO/C=C/[C@@]12CC[C@@H](C1)C[C@@]2(O)C1=CCCC1. The second-order valence-corrected chi connectivity index (χ2v) is 5.99. The van der Waals surface area contributed by atoms with Gasteiger partial charge < -0.3 is 9.84 Å². The van der Waals surface area contributed by atoms with Crippen molar-refractivity contribution in [3.05, 3.63) is 24.0 Å². The van der Waals surface area contributed by atoms with Gasteiger partial charge in [0.1, 0.15) is 0 Å². The maximum absolute atomic E-state index is 11.2. The molecule has 2 fully saturated rings. The van der Waals surface area contributed by atoms with E-state index in [2.05, 4.69) is 12.2 Å². The number of hydrogen-bond donors (Lipinski definition) is 1. The molecule has 1 N–H and O–H groups in total. The summed E-state index contributed by atoms with van der Waals surface area (Å²) in [5.74, 6) is 0.711. The minimum Gasteiger partial charge on any atom is -0.505 e. The number of hydrogen-bond acceptors (Lipinski definition) is 2. The van der Waals surface area contributed by atoms with Crippen LogP contribution in [0.25, 0.3) is 0 Å². The van der Waals surface area contributed by atoms with Gasteiger partial charge in [-0.3, -0.25) is 0 Å². The van der Waals surface area contributed by atoms with Crippen LogP contribution in [-0.2, 0) is 4.74 Å². The Morgan fingerprint density at radius 1 is 1.47 bits per heavy atom. The number of ether oxygens (including phenoxy) is 1. The third-order valence-corrected chi connectivity index (χ3v) is 5.15. The van der Waals surface area contributed by atoms with E-state index in [4.69, 9.17) is 4.74 Å². The van der Waals surface area contributed by atoms with Crippen molar-refractivity contribution in [3.8, 4) is 0 Å². The summed E-state index contributed by atoms with van der Waals surface area (Å²) in [7, 11) is 1.68. The Labute approximate surface area is 103 Å². The zero-order valence-electron chi connectivity index (χ0n) is 10.6.